The van der Waals surface area contributed by atoms with Crippen molar-refractivity contribution in [2.75, 3.05) is 0 Å². The summed E-state index contributed by atoms with van der Waals surface area (Å²) in [6.07, 6.45) is 9.15. The first-order valence-electron chi connectivity index (χ1n) is 8.56. The number of allylic oxidation sites excluding steroid dienone is 1. The van der Waals surface area contributed by atoms with Crippen LogP contribution in [0.2, 0.25) is 0 Å². The topological polar surface area (TPSA) is 37.3 Å². The highest BCUT2D eigenvalue weighted by molar-refractivity contribution is 5.99. The van der Waals surface area contributed by atoms with Gasteiger partial charge in [0.25, 0.3) is 0 Å². The summed E-state index contributed by atoms with van der Waals surface area (Å²) in [5, 5.41) is 11.7. The standard InChI is InChI=1S/C18H24O2/c1-10-15(19)8-11-9-18(20)14-5-2-4-12(14)13-6-3-7-17(13,18)16(10)11/h11-14,20H,2-9H2,1H3/t11-,12-,13+,14-,17+,18-/m0/s1. The third-order valence-corrected chi connectivity index (χ3v) is 7.89. The van der Waals surface area contributed by atoms with Gasteiger partial charge in [-0.15, -0.1) is 0 Å². The van der Waals surface area contributed by atoms with Crippen molar-refractivity contribution in [2.45, 2.75) is 63.9 Å². The van der Waals surface area contributed by atoms with Gasteiger partial charge in [0.1, 0.15) is 0 Å². The molecule has 0 unspecified atom stereocenters. The number of fused-ring (bicyclic) bond motifs is 4. The van der Waals surface area contributed by atoms with Crippen molar-refractivity contribution in [3.8, 4) is 0 Å². The van der Waals surface area contributed by atoms with E-state index in [1.807, 2.05) is 6.92 Å². The van der Waals surface area contributed by atoms with Crippen LogP contribution >= 0.6 is 0 Å². The molecule has 5 aliphatic rings. The lowest BCUT2D eigenvalue weighted by atomic mass is 9.67. The van der Waals surface area contributed by atoms with Crippen LogP contribution in [0.3, 0.4) is 0 Å². The van der Waals surface area contributed by atoms with Crippen molar-refractivity contribution in [2.24, 2.45) is 29.1 Å². The number of rotatable bonds is 0. The quantitative estimate of drug-likeness (QED) is 0.735. The third kappa shape index (κ3) is 0.996. The molecule has 2 nitrogen and oxygen atoms in total. The molecule has 0 amide bonds. The van der Waals surface area contributed by atoms with Crippen LogP contribution in [0.15, 0.2) is 11.1 Å². The fraction of sp³-hybridized carbons (Fsp3) is 0.833. The van der Waals surface area contributed by atoms with Gasteiger partial charge in [0, 0.05) is 11.8 Å². The van der Waals surface area contributed by atoms with Gasteiger partial charge in [-0.3, -0.25) is 4.79 Å². The van der Waals surface area contributed by atoms with Gasteiger partial charge in [0.2, 0.25) is 0 Å². The summed E-state index contributed by atoms with van der Waals surface area (Å²) in [5.74, 6) is 2.72. The first-order valence-corrected chi connectivity index (χ1v) is 8.56. The highest BCUT2D eigenvalue weighted by Gasteiger charge is 2.76. The van der Waals surface area contributed by atoms with E-state index in [2.05, 4.69) is 0 Å². The fourth-order valence-electron chi connectivity index (χ4n) is 7.63. The summed E-state index contributed by atoms with van der Waals surface area (Å²) in [6.45, 7) is 2.04. The van der Waals surface area contributed by atoms with E-state index >= 15 is 0 Å². The Morgan fingerprint density at radius 1 is 1.15 bits per heavy atom. The maximum atomic E-state index is 12.2. The summed E-state index contributed by atoms with van der Waals surface area (Å²) in [5.41, 5.74) is 2.03. The second-order valence-corrected chi connectivity index (χ2v) is 8.16. The number of carbonyl (C=O) groups excluding carboxylic acids is 1. The largest absolute Gasteiger partial charge is 0.389 e. The molecular weight excluding hydrogens is 248 g/mol. The zero-order chi connectivity index (χ0) is 13.7. The van der Waals surface area contributed by atoms with E-state index < -0.39 is 5.60 Å². The first kappa shape index (κ1) is 12.0. The molecule has 1 spiro atoms. The molecule has 108 valence electrons. The zero-order valence-electron chi connectivity index (χ0n) is 12.3. The molecule has 5 rings (SSSR count). The summed E-state index contributed by atoms with van der Waals surface area (Å²) in [6, 6.07) is 0. The highest BCUT2D eigenvalue weighted by atomic mass is 16.3. The number of Topliss-reactive ketones (excluding diaryl/α,β-unsaturated/α-hetero) is 1. The number of hydrogen-bond acceptors (Lipinski definition) is 2. The lowest BCUT2D eigenvalue weighted by Crippen LogP contribution is -2.45. The molecule has 0 aromatic heterocycles. The minimum Gasteiger partial charge on any atom is -0.389 e. The fourth-order valence-corrected chi connectivity index (χ4v) is 7.63. The van der Waals surface area contributed by atoms with Gasteiger partial charge in [-0.05, 0) is 68.3 Å². The van der Waals surface area contributed by atoms with Crippen LogP contribution in [-0.4, -0.2) is 16.5 Å². The van der Waals surface area contributed by atoms with Gasteiger partial charge in [0.05, 0.1) is 5.60 Å². The minimum absolute atomic E-state index is 0.0175. The molecule has 0 aliphatic heterocycles. The average molecular weight is 272 g/mol. The lowest BCUT2D eigenvalue weighted by Gasteiger charge is -2.41. The van der Waals surface area contributed by atoms with Crippen molar-refractivity contribution in [3.05, 3.63) is 11.1 Å². The molecule has 1 N–H and O–H groups in total. The van der Waals surface area contributed by atoms with Gasteiger partial charge in [-0.25, -0.2) is 0 Å². The second-order valence-electron chi connectivity index (χ2n) is 8.16. The minimum atomic E-state index is -0.461. The van der Waals surface area contributed by atoms with Crippen molar-refractivity contribution in [1.82, 2.24) is 0 Å². The van der Waals surface area contributed by atoms with Crippen molar-refractivity contribution < 1.29 is 9.90 Å². The Labute approximate surface area is 120 Å². The zero-order valence-corrected chi connectivity index (χ0v) is 12.3. The van der Waals surface area contributed by atoms with Gasteiger partial charge < -0.3 is 5.11 Å². The molecule has 6 atom stereocenters. The van der Waals surface area contributed by atoms with E-state index in [-0.39, 0.29) is 5.41 Å². The molecule has 20 heavy (non-hydrogen) atoms. The Kier molecular flexibility index (Phi) is 2.04. The Bertz CT molecular complexity index is 548. The highest BCUT2D eigenvalue weighted by Crippen LogP contribution is 2.77. The van der Waals surface area contributed by atoms with Crippen LogP contribution in [0.1, 0.15) is 58.3 Å². The summed E-state index contributed by atoms with van der Waals surface area (Å²) in [4.78, 5) is 12.2. The summed E-state index contributed by atoms with van der Waals surface area (Å²) in [7, 11) is 0. The second kappa shape index (κ2) is 3.40. The van der Waals surface area contributed by atoms with Crippen LogP contribution in [0.5, 0.6) is 0 Å². The van der Waals surface area contributed by atoms with Crippen molar-refractivity contribution in [1.29, 1.82) is 0 Å². The van der Waals surface area contributed by atoms with Gasteiger partial charge in [-0.2, -0.15) is 0 Å². The summed E-state index contributed by atoms with van der Waals surface area (Å²) >= 11 is 0. The first-order chi connectivity index (χ1) is 9.59. The van der Waals surface area contributed by atoms with E-state index in [9.17, 15) is 9.90 Å². The number of aliphatic hydroxyl groups is 1. The van der Waals surface area contributed by atoms with Crippen LogP contribution in [0.25, 0.3) is 0 Å². The van der Waals surface area contributed by atoms with E-state index in [1.165, 1.54) is 37.7 Å². The number of ketones is 1. The van der Waals surface area contributed by atoms with Crippen LogP contribution < -0.4 is 0 Å². The molecule has 0 aromatic rings. The molecule has 4 saturated carbocycles. The Morgan fingerprint density at radius 3 is 2.80 bits per heavy atom. The van der Waals surface area contributed by atoms with Crippen molar-refractivity contribution >= 4 is 5.78 Å². The molecular formula is C18H24O2. The molecule has 0 heterocycles. The van der Waals surface area contributed by atoms with Crippen LogP contribution in [-0.2, 0) is 4.79 Å². The average Bonchev–Trinajstić information content (AvgIpc) is 3.12. The number of carbonyl (C=O) groups is 1. The van der Waals surface area contributed by atoms with Crippen molar-refractivity contribution in [3.63, 3.8) is 0 Å². The Balaban J connectivity index is 1.76. The number of hydrogen-bond donors (Lipinski definition) is 1. The smallest absolute Gasteiger partial charge is 0.159 e. The van der Waals surface area contributed by atoms with Gasteiger partial charge in [-0.1, -0.05) is 18.4 Å². The molecule has 0 radical (unpaired) electrons. The third-order valence-electron chi connectivity index (χ3n) is 7.89. The summed E-state index contributed by atoms with van der Waals surface area (Å²) < 4.78 is 0. The molecule has 2 heteroatoms. The SMILES string of the molecule is CC1=C2[C@@H](CC1=O)C[C@]1(O)[C@H]3CCC[C@H]3[C@H]3CCC[C@]231. The predicted octanol–water partition coefficient (Wildman–Crippen LogP) is 3.24. The lowest BCUT2D eigenvalue weighted by molar-refractivity contribution is -0.116. The molecule has 4 fully saturated rings. The predicted molar refractivity (Wildman–Crippen MR) is 76.0 cm³/mol. The molecule has 0 aromatic carbocycles. The van der Waals surface area contributed by atoms with E-state index in [1.54, 1.807) is 0 Å². The van der Waals surface area contributed by atoms with E-state index in [0.29, 0.717) is 30.0 Å². The van der Waals surface area contributed by atoms with Crippen LogP contribution in [0, 0.1) is 29.1 Å². The Morgan fingerprint density at radius 2 is 1.95 bits per heavy atom. The normalized spacial score (nSPS) is 56.2. The molecule has 0 bridgehead atoms. The van der Waals surface area contributed by atoms with Crippen LogP contribution in [0.4, 0.5) is 0 Å². The Hall–Kier alpha value is -0.630. The van der Waals surface area contributed by atoms with Gasteiger partial charge >= 0.3 is 0 Å². The van der Waals surface area contributed by atoms with Gasteiger partial charge in [0.15, 0.2) is 5.78 Å². The van der Waals surface area contributed by atoms with E-state index in [0.717, 1.165) is 24.3 Å². The molecule has 5 aliphatic carbocycles. The van der Waals surface area contributed by atoms with E-state index in [4.69, 9.17) is 0 Å². The molecule has 0 saturated heterocycles. The maximum absolute atomic E-state index is 12.2. The monoisotopic (exact) mass is 272 g/mol. The maximum Gasteiger partial charge on any atom is 0.159 e.